The van der Waals surface area contributed by atoms with Gasteiger partial charge in [-0.15, -0.1) is 0 Å². The lowest BCUT2D eigenvalue weighted by Gasteiger charge is -2.22. The molecule has 2 atom stereocenters. The Morgan fingerprint density at radius 1 is 1.28 bits per heavy atom. The lowest BCUT2D eigenvalue weighted by atomic mass is 9.99. The van der Waals surface area contributed by atoms with Crippen molar-refractivity contribution in [2.75, 3.05) is 26.4 Å². The highest BCUT2D eigenvalue weighted by Gasteiger charge is 2.39. The molecule has 1 fully saturated rings. The van der Waals surface area contributed by atoms with Gasteiger partial charge in [-0.3, -0.25) is 5.32 Å². The minimum atomic E-state index is -0.356. The Labute approximate surface area is 111 Å². The number of nitrogens with one attached hydrogen (secondary N) is 1. The fourth-order valence-electron chi connectivity index (χ4n) is 2.33. The first-order valence-corrected chi connectivity index (χ1v) is 7.12. The summed E-state index contributed by atoms with van der Waals surface area (Å²) in [6.45, 7) is 7.21. The van der Waals surface area contributed by atoms with E-state index in [1.165, 1.54) is 0 Å². The first-order valence-electron chi connectivity index (χ1n) is 7.12. The summed E-state index contributed by atoms with van der Waals surface area (Å²) in [5.74, 6) is 0. The van der Waals surface area contributed by atoms with Crippen LogP contribution in [0, 0.1) is 11.3 Å². The third-order valence-corrected chi connectivity index (χ3v) is 3.33. The van der Waals surface area contributed by atoms with E-state index in [4.69, 9.17) is 9.47 Å². The van der Waals surface area contributed by atoms with Crippen molar-refractivity contribution in [3.63, 3.8) is 0 Å². The molecule has 1 aliphatic rings. The van der Waals surface area contributed by atoms with Gasteiger partial charge < -0.3 is 9.47 Å². The summed E-state index contributed by atoms with van der Waals surface area (Å²) in [7, 11) is 0. The maximum atomic E-state index is 9.31. The Hall–Kier alpha value is -0.630. The van der Waals surface area contributed by atoms with Crippen LogP contribution in [0.25, 0.3) is 0 Å². The van der Waals surface area contributed by atoms with E-state index in [0.717, 1.165) is 45.3 Å². The highest BCUT2D eigenvalue weighted by atomic mass is 16.5. The fourth-order valence-corrected chi connectivity index (χ4v) is 2.33. The zero-order chi connectivity index (χ0) is 13.3. The van der Waals surface area contributed by atoms with Gasteiger partial charge >= 0.3 is 0 Å². The quantitative estimate of drug-likeness (QED) is 0.641. The van der Waals surface area contributed by atoms with Gasteiger partial charge in [0.05, 0.1) is 25.4 Å². The molecular weight excluding hydrogens is 228 g/mol. The first-order chi connectivity index (χ1) is 8.76. The SMILES string of the molecule is CCCNC1(C#N)CCC(OCCOCCC)C1. The molecule has 2 unspecified atom stereocenters. The molecule has 1 N–H and O–H groups in total. The molecule has 104 valence electrons. The van der Waals surface area contributed by atoms with Crippen LogP contribution in [-0.4, -0.2) is 38.0 Å². The average Bonchev–Trinajstić information content (AvgIpc) is 2.80. The smallest absolute Gasteiger partial charge is 0.109 e. The summed E-state index contributed by atoms with van der Waals surface area (Å²) < 4.78 is 11.2. The van der Waals surface area contributed by atoms with Crippen LogP contribution in [0.2, 0.25) is 0 Å². The lowest BCUT2D eigenvalue weighted by Crippen LogP contribution is -2.42. The zero-order valence-electron chi connectivity index (χ0n) is 11.7. The molecule has 1 rings (SSSR count). The number of ether oxygens (including phenoxy) is 2. The number of nitriles is 1. The molecule has 18 heavy (non-hydrogen) atoms. The van der Waals surface area contributed by atoms with Gasteiger partial charge in [0.1, 0.15) is 5.54 Å². The van der Waals surface area contributed by atoms with Crippen molar-refractivity contribution >= 4 is 0 Å². The van der Waals surface area contributed by atoms with E-state index in [2.05, 4.69) is 25.2 Å². The van der Waals surface area contributed by atoms with Crippen molar-refractivity contribution in [1.29, 1.82) is 5.26 Å². The Balaban J connectivity index is 2.20. The molecule has 0 radical (unpaired) electrons. The van der Waals surface area contributed by atoms with E-state index in [1.54, 1.807) is 0 Å². The van der Waals surface area contributed by atoms with Gasteiger partial charge in [-0.2, -0.15) is 5.26 Å². The van der Waals surface area contributed by atoms with E-state index < -0.39 is 0 Å². The molecule has 0 spiro atoms. The zero-order valence-corrected chi connectivity index (χ0v) is 11.7. The van der Waals surface area contributed by atoms with Crippen molar-refractivity contribution in [2.45, 2.75) is 57.6 Å². The molecule has 0 aliphatic heterocycles. The van der Waals surface area contributed by atoms with Gasteiger partial charge in [0.2, 0.25) is 0 Å². The predicted molar refractivity (Wildman–Crippen MR) is 71.3 cm³/mol. The lowest BCUT2D eigenvalue weighted by molar-refractivity contribution is 0.00610. The van der Waals surface area contributed by atoms with Crippen LogP contribution in [0.4, 0.5) is 0 Å². The second-order valence-corrected chi connectivity index (χ2v) is 4.97. The van der Waals surface area contributed by atoms with Crippen molar-refractivity contribution in [3.05, 3.63) is 0 Å². The topological polar surface area (TPSA) is 54.3 Å². The Bertz CT molecular complexity index is 265. The largest absolute Gasteiger partial charge is 0.379 e. The number of nitrogens with zero attached hydrogens (tertiary/aromatic N) is 1. The summed E-state index contributed by atoms with van der Waals surface area (Å²) >= 11 is 0. The fraction of sp³-hybridized carbons (Fsp3) is 0.929. The van der Waals surface area contributed by atoms with Gasteiger partial charge in [0, 0.05) is 13.0 Å². The molecule has 0 aromatic rings. The standard InChI is InChI=1S/C14H26N2O2/c1-3-7-16-14(12-15)6-5-13(11-14)18-10-9-17-8-4-2/h13,16H,3-11H2,1-2H3. The van der Waals surface area contributed by atoms with Crippen molar-refractivity contribution in [2.24, 2.45) is 0 Å². The molecule has 0 bridgehead atoms. The predicted octanol–water partition coefficient (Wildman–Crippen LogP) is 2.24. The van der Waals surface area contributed by atoms with Crippen LogP contribution in [-0.2, 0) is 9.47 Å². The number of hydrogen-bond donors (Lipinski definition) is 1. The number of hydrogen-bond acceptors (Lipinski definition) is 4. The van der Waals surface area contributed by atoms with Gasteiger partial charge in [-0.25, -0.2) is 0 Å². The summed E-state index contributed by atoms with van der Waals surface area (Å²) in [5.41, 5.74) is -0.356. The van der Waals surface area contributed by atoms with E-state index >= 15 is 0 Å². The maximum absolute atomic E-state index is 9.31. The normalized spacial score (nSPS) is 27.3. The van der Waals surface area contributed by atoms with Crippen molar-refractivity contribution in [3.8, 4) is 6.07 Å². The maximum Gasteiger partial charge on any atom is 0.109 e. The third-order valence-electron chi connectivity index (χ3n) is 3.33. The Morgan fingerprint density at radius 2 is 2.11 bits per heavy atom. The van der Waals surface area contributed by atoms with Gasteiger partial charge in [-0.05, 0) is 32.2 Å². The monoisotopic (exact) mass is 254 g/mol. The van der Waals surface area contributed by atoms with Crippen molar-refractivity contribution < 1.29 is 9.47 Å². The second-order valence-electron chi connectivity index (χ2n) is 4.97. The van der Waals surface area contributed by atoms with Crippen LogP contribution in [0.3, 0.4) is 0 Å². The molecule has 0 aromatic carbocycles. The Kier molecular flexibility index (Phi) is 7.26. The van der Waals surface area contributed by atoms with E-state index in [0.29, 0.717) is 13.2 Å². The molecule has 0 heterocycles. The van der Waals surface area contributed by atoms with Crippen LogP contribution < -0.4 is 5.32 Å². The van der Waals surface area contributed by atoms with E-state index in [-0.39, 0.29) is 11.6 Å². The Morgan fingerprint density at radius 3 is 2.78 bits per heavy atom. The van der Waals surface area contributed by atoms with Gasteiger partial charge in [-0.1, -0.05) is 13.8 Å². The summed E-state index contributed by atoms with van der Waals surface area (Å²) in [4.78, 5) is 0. The van der Waals surface area contributed by atoms with Crippen LogP contribution >= 0.6 is 0 Å². The van der Waals surface area contributed by atoms with Gasteiger partial charge in [0.15, 0.2) is 0 Å². The van der Waals surface area contributed by atoms with Crippen LogP contribution in [0.5, 0.6) is 0 Å². The molecule has 0 saturated heterocycles. The molecule has 4 heteroatoms. The molecule has 1 saturated carbocycles. The third kappa shape index (κ3) is 4.93. The second kappa shape index (κ2) is 8.47. The van der Waals surface area contributed by atoms with E-state index in [1.807, 2.05) is 0 Å². The summed E-state index contributed by atoms with van der Waals surface area (Å²) in [6.07, 6.45) is 4.97. The van der Waals surface area contributed by atoms with Crippen LogP contribution in [0.1, 0.15) is 46.0 Å². The minimum Gasteiger partial charge on any atom is -0.379 e. The van der Waals surface area contributed by atoms with Crippen LogP contribution in [0.15, 0.2) is 0 Å². The molecule has 4 nitrogen and oxygen atoms in total. The number of rotatable bonds is 9. The van der Waals surface area contributed by atoms with E-state index in [9.17, 15) is 5.26 Å². The van der Waals surface area contributed by atoms with Crippen molar-refractivity contribution in [1.82, 2.24) is 5.32 Å². The minimum absolute atomic E-state index is 0.208. The highest BCUT2D eigenvalue weighted by molar-refractivity contribution is 5.12. The average molecular weight is 254 g/mol. The summed E-state index contributed by atoms with van der Waals surface area (Å²) in [6, 6.07) is 2.43. The summed E-state index contributed by atoms with van der Waals surface area (Å²) in [5, 5.41) is 12.7. The molecular formula is C14H26N2O2. The first kappa shape index (κ1) is 15.4. The molecule has 0 aromatic heterocycles. The van der Waals surface area contributed by atoms with Gasteiger partial charge in [0.25, 0.3) is 0 Å². The molecule has 0 amide bonds. The highest BCUT2D eigenvalue weighted by Crippen LogP contribution is 2.31. The molecule has 1 aliphatic carbocycles.